The van der Waals surface area contributed by atoms with Crippen molar-refractivity contribution in [2.75, 3.05) is 0 Å². The molecule has 38 heavy (non-hydrogen) atoms. The Kier molecular flexibility index (Phi) is 7.01. The topological polar surface area (TPSA) is 0 Å². The Morgan fingerprint density at radius 3 is 1.24 bits per heavy atom. The van der Waals surface area contributed by atoms with E-state index in [1.54, 1.807) is 0 Å². The van der Waals surface area contributed by atoms with Gasteiger partial charge in [0.1, 0.15) is 23.2 Å². The lowest BCUT2D eigenvalue weighted by atomic mass is 9.87. The fraction of sp³-hybridized carbons (Fsp3) is 0.189. The molecule has 1 heteroatoms. The Morgan fingerprint density at radius 2 is 0.816 bits per heavy atom. The van der Waals surface area contributed by atoms with Gasteiger partial charge in [-0.05, 0) is 115 Å². The molecule has 0 atom stereocenters. The predicted molar refractivity (Wildman–Crippen MR) is 166 cm³/mol. The van der Waals surface area contributed by atoms with Crippen LogP contribution in [0.2, 0.25) is 0 Å². The molecule has 0 spiro atoms. The standard InChI is InChI=1S/C37H36P/c1-28-31-13-12-14-32(28)22-24-34-26-30(25-33(23-21-31)29(34)2)27-38(35-15-6-3-7-16-35,36-17-8-4-9-18-36)37-19-10-5-11-20-37/h3-20,25-26H,21-24,27H2,1-2H3/q+1. The number of hydrogen-bond acceptors (Lipinski definition) is 0. The van der Waals surface area contributed by atoms with Crippen molar-refractivity contribution in [3.05, 3.63) is 160 Å². The van der Waals surface area contributed by atoms with Gasteiger partial charge in [0.05, 0.1) is 6.16 Å². The summed E-state index contributed by atoms with van der Waals surface area (Å²) in [6, 6.07) is 45.9. The molecule has 0 nitrogen and oxygen atoms in total. The first kappa shape index (κ1) is 24.8. The summed E-state index contributed by atoms with van der Waals surface area (Å²) in [6.07, 6.45) is 5.46. The van der Waals surface area contributed by atoms with Gasteiger partial charge in [-0.25, -0.2) is 0 Å². The molecule has 0 aliphatic heterocycles. The molecule has 188 valence electrons. The zero-order valence-corrected chi connectivity index (χ0v) is 23.4. The highest BCUT2D eigenvalue weighted by atomic mass is 31.2. The fourth-order valence-electron chi connectivity index (χ4n) is 6.38. The van der Waals surface area contributed by atoms with Gasteiger partial charge in [0.15, 0.2) is 0 Å². The van der Waals surface area contributed by atoms with Gasteiger partial charge in [-0.3, -0.25) is 0 Å². The lowest BCUT2D eigenvalue weighted by molar-refractivity contribution is 0.871. The summed E-state index contributed by atoms with van der Waals surface area (Å²) >= 11 is 0. The molecule has 0 N–H and O–H groups in total. The fourth-order valence-corrected chi connectivity index (χ4v) is 10.6. The highest BCUT2D eigenvalue weighted by Crippen LogP contribution is 2.58. The second kappa shape index (κ2) is 10.7. The Morgan fingerprint density at radius 1 is 0.447 bits per heavy atom. The largest absolute Gasteiger partial charge is 0.116 e. The molecular formula is C37H36P+. The van der Waals surface area contributed by atoms with Crippen molar-refractivity contribution in [3.63, 3.8) is 0 Å². The quantitative estimate of drug-likeness (QED) is 0.212. The van der Waals surface area contributed by atoms with Crippen LogP contribution in [0.1, 0.15) is 38.9 Å². The van der Waals surface area contributed by atoms with E-state index >= 15 is 0 Å². The van der Waals surface area contributed by atoms with Crippen molar-refractivity contribution < 1.29 is 0 Å². The average molecular weight is 512 g/mol. The minimum Gasteiger partial charge on any atom is -0.0620 e. The zero-order chi connectivity index (χ0) is 26.0. The summed E-state index contributed by atoms with van der Waals surface area (Å²) in [5, 5.41) is 4.35. The third kappa shape index (κ3) is 4.63. The van der Waals surface area contributed by atoms with E-state index in [-0.39, 0.29) is 0 Å². The number of rotatable bonds is 5. The van der Waals surface area contributed by atoms with Gasteiger partial charge in [-0.2, -0.15) is 0 Å². The SMILES string of the molecule is Cc1c2cccc1CCc1cc(C[P+](c3ccccc3)(c3ccccc3)c3ccccc3)cc(c1C)CC2. The molecule has 0 fully saturated rings. The van der Waals surface area contributed by atoms with E-state index in [0.717, 1.165) is 31.8 Å². The molecule has 0 aromatic heterocycles. The molecule has 0 amide bonds. The minimum absolute atomic E-state index is 1.04. The van der Waals surface area contributed by atoms with Gasteiger partial charge < -0.3 is 0 Å². The highest BCUT2D eigenvalue weighted by molar-refractivity contribution is 7.95. The van der Waals surface area contributed by atoms with Gasteiger partial charge >= 0.3 is 0 Å². The smallest absolute Gasteiger partial charge is 0.0620 e. The van der Waals surface area contributed by atoms with E-state index in [1.165, 1.54) is 54.9 Å². The summed E-state index contributed by atoms with van der Waals surface area (Å²) in [7, 11) is -1.92. The second-order valence-corrected chi connectivity index (χ2v) is 14.2. The van der Waals surface area contributed by atoms with Gasteiger partial charge in [0.25, 0.3) is 0 Å². The van der Waals surface area contributed by atoms with Gasteiger partial charge in [-0.1, -0.05) is 84.9 Å². The molecule has 0 radical (unpaired) electrons. The van der Waals surface area contributed by atoms with Crippen LogP contribution in [-0.2, 0) is 31.8 Å². The molecule has 5 aromatic rings. The van der Waals surface area contributed by atoms with Crippen LogP contribution >= 0.6 is 7.26 Å². The van der Waals surface area contributed by atoms with Crippen LogP contribution in [0, 0.1) is 13.8 Å². The van der Waals surface area contributed by atoms with E-state index in [9.17, 15) is 0 Å². The Bertz CT molecular complexity index is 1390. The van der Waals surface area contributed by atoms with Crippen molar-refractivity contribution in [2.24, 2.45) is 0 Å². The van der Waals surface area contributed by atoms with E-state index < -0.39 is 7.26 Å². The van der Waals surface area contributed by atoms with Gasteiger partial charge in [-0.15, -0.1) is 0 Å². The van der Waals surface area contributed by atoms with E-state index in [0.29, 0.717) is 0 Å². The monoisotopic (exact) mass is 511 g/mol. The molecule has 0 heterocycles. The summed E-state index contributed by atoms with van der Waals surface area (Å²) in [5.74, 6) is 0. The van der Waals surface area contributed by atoms with Crippen LogP contribution in [0.3, 0.4) is 0 Å². The van der Waals surface area contributed by atoms with Crippen molar-refractivity contribution in [1.29, 1.82) is 0 Å². The number of fused-ring (bicyclic) bond motifs is 4. The van der Waals surface area contributed by atoms with Gasteiger partial charge in [0, 0.05) is 0 Å². The van der Waals surface area contributed by atoms with Crippen LogP contribution in [0.5, 0.6) is 0 Å². The third-order valence-corrected chi connectivity index (χ3v) is 13.0. The molecule has 6 rings (SSSR count). The zero-order valence-electron chi connectivity index (χ0n) is 22.5. The maximum atomic E-state index is 2.54. The van der Waals surface area contributed by atoms with E-state index in [2.05, 4.69) is 135 Å². The number of aryl methyl sites for hydroxylation is 4. The molecule has 4 bridgehead atoms. The maximum Gasteiger partial charge on any atom is 0.116 e. The van der Waals surface area contributed by atoms with Crippen LogP contribution in [0.15, 0.2) is 121 Å². The summed E-state index contributed by atoms with van der Waals surface area (Å²) < 4.78 is 0. The molecule has 0 unspecified atom stereocenters. The first-order chi connectivity index (χ1) is 18.6. The van der Waals surface area contributed by atoms with E-state index in [1.807, 2.05) is 0 Å². The highest BCUT2D eigenvalue weighted by Gasteiger charge is 2.45. The van der Waals surface area contributed by atoms with Crippen molar-refractivity contribution in [1.82, 2.24) is 0 Å². The minimum atomic E-state index is -1.92. The average Bonchev–Trinajstić information content (AvgIpc) is 2.97. The van der Waals surface area contributed by atoms with Crippen molar-refractivity contribution in [2.45, 2.75) is 45.7 Å². The molecule has 0 saturated heterocycles. The maximum absolute atomic E-state index is 2.54. The summed E-state index contributed by atoms with van der Waals surface area (Å²) in [5.41, 5.74) is 10.5. The van der Waals surface area contributed by atoms with Gasteiger partial charge in [0.2, 0.25) is 0 Å². The van der Waals surface area contributed by atoms with Crippen LogP contribution in [0.4, 0.5) is 0 Å². The van der Waals surface area contributed by atoms with Crippen molar-refractivity contribution >= 4 is 23.2 Å². The third-order valence-electron chi connectivity index (χ3n) is 8.58. The van der Waals surface area contributed by atoms with Crippen molar-refractivity contribution in [3.8, 4) is 0 Å². The van der Waals surface area contributed by atoms with Crippen LogP contribution in [-0.4, -0.2) is 0 Å². The molecule has 5 aromatic carbocycles. The summed E-state index contributed by atoms with van der Waals surface area (Å²) in [6.45, 7) is 4.67. The second-order valence-electron chi connectivity index (χ2n) is 10.7. The molecular weight excluding hydrogens is 475 g/mol. The first-order valence-corrected chi connectivity index (χ1v) is 15.9. The number of hydrogen-bond donors (Lipinski definition) is 0. The molecule has 0 saturated carbocycles. The first-order valence-electron chi connectivity index (χ1n) is 13.9. The Labute approximate surface area is 228 Å². The predicted octanol–water partition coefficient (Wildman–Crippen LogP) is 7.68. The van der Waals surface area contributed by atoms with E-state index in [4.69, 9.17) is 0 Å². The number of benzene rings is 5. The summed E-state index contributed by atoms with van der Waals surface area (Å²) in [4.78, 5) is 0. The molecule has 1 aliphatic rings. The molecule has 1 aliphatic carbocycles. The lowest BCUT2D eigenvalue weighted by Crippen LogP contribution is -2.32. The Hall–Kier alpha value is -3.47. The Balaban J connectivity index is 1.52. The normalized spacial score (nSPS) is 13.2. The van der Waals surface area contributed by atoms with Crippen LogP contribution in [0.25, 0.3) is 0 Å². The van der Waals surface area contributed by atoms with Crippen LogP contribution < -0.4 is 15.9 Å². The lowest BCUT2D eigenvalue weighted by Gasteiger charge is -2.28.